The lowest BCUT2D eigenvalue weighted by Crippen LogP contribution is -2.45. The molecule has 40 heavy (non-hydrogen) atoms. The molecular weight excluding hydrogens is 514 g/mol. The number of fused-ring (bicyclic) bond motifs is 1. The molecule has 2 aliphatic rings. The number of imidazole rings is 1. The van der Waals surface area contributed by atoms with Crippen molar-refractivity contribution in [1.82, 2.24) is 19.6 Å². The highest BCUT2D eigenvalue weighted by atomic mass is 19.1. The molecule has 2 saturated carbocycles. The fraction of sp³-hybridized carbons (Fsp3) is 0.433. The van der Waals surface area contributed by atoms with Gasteiger partial charge in [0.05, 0.1) is 46.6 Å². The summed E-state index contributed by atoms with van der Waals surface area (Å²) in [7, 11) is 1.70. The summed E-state index contributed by atoms with van der Waals surface area (Å²) in [6.45, 7) is 2.15. The summed E-state index contributed by atoms with van der Waals surface area (Å²) in [6, 6.07) is 7.65. The van der Waals surface area contributed by atoms with Crippen LogP contribution in [0.1, 0.15) is 62.5 Å². The molecule has 0 saturated heterocycles. The van der Waals surface area contributed by atoms with Crippen molar-refractivity contribution in [3.63, 3.8) is 0 Å². The van der Waals surface area contributed by atoms with Gasteiger partial charge >= 0.3 is 0 Å². The zero-order valence-corrected chi connectivity index (χ0v) is 22.6. The Balaban J connectivity index is 1.32. The highest BCUT2D eigenvalue weighted by molar-refractivity contribution is 5.66. The minimum absolute atomic E-state index is 0.0179. The molecule has 10 heteroatoms. The third-order valence-corrected chi connectivity index (χ3v) is 8.66. The van der Waals surface area contributed by atoms with E-state index in [4.69, 9.17) is 10.5 Å². The number of pyridine rings is 1. The van der Waals surface area contributed by atoms with Crippen LogP contribution in [0, 0.1) is 17.6 Å². The summed E-state index contributed by atoms with van der Waals surface area (Å²) in [6.07, 6.45) is 9.50. The number of rotatable bonds is 6. The van der Waals surface area contributed by atoms with Gasteiger partial charge < -0.3 is 20.9 Å². The molecule has 4 N–H and O–H groups in total. The van der Waals surface area contributed by atoms with Crippen molar-refractivity contribution in [3.8, 4) is 11.3 Å². The van der Waals surface area contributed by atoms with E-state index in [1.807, 2.05) is 6.07 Å². The summed E-state index contributed by atoms with van der Waals surface area (Å²) < 4.78 is 37.8. The molecule has 3 heterocycles. The number of nitrogens with zero attached hydrogens (tertiary/aromatic N) is 4. The quantitative estimate of drug-likeness (QED) is 0.295. The molecule has 8 nitrogen and oxygen atoms in total. The number of hydrogen-bond donors (Lipinski definition) is 3. The molecule has 4 aromatic rings. The zero-order valence-electron chi connectivity index (χ0n) is 22.6. The van der Waals surface area contributed by atoms with Gasteiger partial charge in [0.25, 0.3) is 0 Å². The van der Waals surface area contributed by atoms with Crippen molar-refractivity contribution in [1.29, 1.82) is 0 Å². The van der Waals surface area contributed by atoms with Crippen molar-refractivity contribution in [2.24, 2.45) is 11.7 Å². The first-order chi connectivity index (χ1) is 19.3. The Bertz CT molecular complexity index is 1500. The van der Waals surface area contributed by atoms with Gasteiger partial charge in [-0.2, -0.15) is 9.61 Å². The normalized spacial score (nSPS) is 24.4. The maximum Gasteiger partial charge on any atom is 0.229 e. The molecule has 0 spiro atoms. The first-order valence-electron chi connectivity index (χ1n) is 13.8. The van der Waals surface area contributed by atoms with E-state index in [0.717, 1.165) is 36.9 Å². The number of hydrogen-bond acceptors (Lipinski definition) is 7. The molecule has 0 aliphatic heterocycles. The number of aliphatic hydroxyl groups is 1. The lowest BCUT2D eigenvalue weighted by molar-refractivity contribution is 0.00984. The SMILES string of the molecule is CO[C@H]1[C@H](N)C[C@H](c2ccncc2Nc2ncc3ccc(-c4c(F)cc(C5(O)CCCC5)cc4F)nn23)C[C@@H]1C. The van der Waals surface area contributed by atoms with Gasteiger partial charge in [0.1, 0.15) is 11.6 Å². The van der Waals surface area contributed by atoms with E-state index >= 15 is 8.78 Å². The van der Waals surface area contributed by atoms with Crippen LogP contribution < -0.4 is 11.1 Å². The summed E-state index contributed by atoms with van der Waals surface area (Å²) in [5.74, 6) is -0.631. The topological polar surface area (TPSA) is 111 Å². The van der Waals surface area contributed by atoms with E-state index in [9.17, 15) is 5.11 Å². The maximum atomic E-state index is 15.3. The Morgan fingerprint density at radius 3 is 2.55 bits per heavy atom. The smallest absolute Gasteiger partial charge is 0.229 e. The van der Waals surface area contributed by atoms with Gasteiger partial charge in [-0.15, -0.1) is 0 Å². The van der Waals surface area contributed by atoms with Crippen LogP contribution in [0.15, 0.2) is 48.9 Å². The molecule has 1 aromatic carbocycles. The Kier molecular flexibility index (Phi) is 7.02. The number of anilines is 2. The average Bonchev–Trinajstić information content (AvgIpc) is 3.55. The first-order valence-corrected chi connectivity index (χ1v) is 13.8. The largest absolute Gasteiger partial charge is 0.385 e. The average molecular weight is 549 g/mol. The fourth-order valence-electron chi connectivity index (χ4n) is 6.65. The van der Waals surface area contributed by atoms with Gasteiger partial charge in [-0.1, -0.05) is 19.8 Å². The lowest BCUT2D eigenvalue weighted by atomic mass is 9.74. The second-order valence-electron chi connectivity index (χ2n) is 11.3. The van der Waals surface area contributed by atoms with E-state index in [1.54, 1.807) is 37.8 Å². The second-order valence-corrected chi connectivity index (χ2v) is 11.3. The van der Waals surface area contributed by atoms with Gasteiger partial charge in [0.15, 0.2) is 0 Å². The highest BCUT2D eigenvalue weighted by Gasteiger charge is 2.36. The molecule has 0 amide bonds. The summed E-state index contributed by atoms with van der Waals surface area (Å²) in [5.41, 5.74) is 7.91. The van der Waals surface area contributed by atoms with Crippen molar-refractivity contribution in [3.05, 3.63) is 71.7 Å². The van der Waals surface area contributed by atoms with E-state index < -0.39 is 17.2 Å². The Morgan fingerprint density at radius 1 is 1.10 bits per heavy atom. The Labute approximate surface area is 231 Å². The number of nitrogens with one attached hydrogen (secondary N) is 1. The van der Waals surface area contributed by atoms with Crippen molar-refractivity contribution in [2.75, 3.05) is 12.4 Å². The number of nitrogens with two attached hydrogens (primary N) is 1. The van der Waals surface area contributed by atoms with Crippen molar-refractivity contribution in [2.45, 2.75) is 69.1 Å². The number of benzene rings is 1. The highest BCUT2D eigenvalue weighted by Crippen LogP contribution is 2.41. The monoisotopic (exact) mass is 548 g/mol. The molecule has 4 atom stereocenters. The van der Waals surface area contributed by atoms with Crippen LogP contribution in [0.2, 0.25) is 0 Å². The van der Waals surface area contributed by atoms with E-state index in [2.05, 4.69) is 27.3 Å². The van der Waals surface area contributed by atoms with Crippen LogP contribution in [0.4, 0.5) is 20.4 Å². The third kappa shape index (κ3) is 4.74. The predicted molar refractivity (Wildman–Crippen MR) is 148 cm³/mol. The number of halogens is 2. The van der Waals surface area contributed by atoms with Crippen LogP contribution in [0.3, 0.4) is 0 Å². The first kappa shape index (κ1) is 26.7. The molecule has 3 aromatic heterocycles. The van der Waals surface area contributed by atoms with Crippen molar-refractivity contribution < 1.29 is 18.6 Å². The Morgan fingerprint density at radius 2 is 1.85 bits per heavy atom. The van der Waals surface area contributed by atoms with Crippen LogP contribution in [-0.2, 0) is 10.3 Å². The van der Waals surface area contributed by atoms with E-state index in [1.165, 1.54) is 16.6 Å². The molecule has 0 radical (unpaired) electrons. The van der Waals surface area contributed by atoms with Crippen molar-refractivity contribution >= 4 is 17.2 Å². The summed E-state index contributed by atoms with van der Waals surface area (Å²) in [4.78, 5) is 8.79. The lowest BCUT2D eigenvalue weighted by Gasteiger charge is -2.38. The predicted octanol–water partition coefficient (Wildman–Crippen LogP) is 5.43. The molecule has 2 aliphatic carbocycles. The van der Waals surface area contributed by atoms with Gasteiger partial charge in [-0.3, -0.25) is 4.98 Å². The van der Waals surface area contributed by atoms with Gasteiger partial charge in [-0.25, -0.2) is 13.8 Å². The van der Waals surface area contributed by atoms with Gasteiger partial charge in [0, 0.05) is 19.3 Å². The Hall–Kier alpha value is -3.47. The number of aromatic nitrogens is 4. The van der Waals surface area contributed by atoms with Crippen LogP contribution >= 0.6 is 0 Å². The standard InChI is InChI=1S/C30H34F2N6O2/c1-17-11-18(12-24(33)28(17)40-2)21-7-10-34-16-26(21)36-29-35-15-20-5-6-25(37-38(20)29)27-22(31)13-19(14-23(27)32)30(39)8-3-4-9-30/h5-7,10,13-18,24,28,39H,3-4,8-9,11-12,33H2,1-2H3,(H,35,36)/t17-,18+,24+,28+/m0/s1. The van der Waals surface area contributed by atoms with Crippen LogP contribution in [0.25, 0.3) is 16.8 Å². The minimum Gasteiger partial charge on any atom is -0.385 e. The molecule has 6 rings (SSSR count). The fourth-order valence-corrected chi connectivity index (χ4v) is 6.65. The number of ether oxygens (including phenoxy) is 1. The maximum absolute atomic E-state index is 15.3. The zero-order chi connectivity index (χ0) is 28.0. The molecule has 0 unspecified atom stereocenters. The van der Waals surface area contributed by atoms with Crippen LogP contribution in [-0.4, -0.2) is 43.9 Å². The van der Waals surface area contributed by atoms with E-state index in [-0.39, 0.29) is 34.9 Å². The molecular formula is C30H34F2N6O2. The molecule has 0 bridgehead atoms. The van der Waals surface area contributed by atoms with Gasteiger partial charge in [0.2, 0.25) is 5.95 Å². The van der Waals surface area contributed by atoms with E-state index in [0.29, 0.717) is 30.2 Å². The summed E-state index contributed by atoms with van der Waals surface area (Å²) >= 11 is 0. The minimum atomic E-state index is -1.19. The van der Waals surface area contributed by atoms with Crippen LogP contribution in [0.5, 0.6) is 0 Å². The molecule has 2 fully saturated rings. The third-order valence-electron chi connectivity index (χ3n) is 8.66. The molecule has 210 valence electrons. The second kappa shape index (κ2) is 10.5. The number of methoxy groups -OCH3 is 1. The summed E-state index contributed by atoms with van der Waals surface area (Å²) in [5, 5.41) is 18.7. The van der Waals surface area contributed by atoms with Gasteiger partial charge in [-0.05, 0) is 79.0 Å².